The van der Waals surface area contributed by atoms with Gasteiger partial charge in [0.05, 0.1) is 24.6 Å². The van der Waals surface area contributed by atoms with E-state index in [0.717, 1.165) is 5.56 Å². The summed E-state index contributed by atoms with van der Waals surface area (Å²) in [5.41, 5.74) is 1.37. The molecule has 7 heteroatoms. The number of carbonyl (C=O) groups is 2. The van der Waals surface area contributed by atoms with Crippen LogP contribution in [0.15, 0.2) is 45.7 Å². The van der Waals surface area contributed by atoms with Crippen LogP contribution < -0.4 is 5.32 Å². The highest BCUT2D eigenvalue weighted by molar-refractivity contribution is 9.10. The van der Waals surface area contributed by atoms with Crippen LogP contribution in [0, 0.1) is 0 Å². The first-order chi connectivity index (χ1) is 9.95. The highest BCUT2D eigenvalue weighted by Gasteiger charge is 2.12. The predicted octanol–water partition coefficient (Wildman–Crippen LogP) is 3.40. The molecule has 110 valence electrons. The zero-order valence-corrected chi connectivity index (χ0v) is 12.8. The minimum absolute atomic E-state index is 0.0946. The summed E-state index contributed by atoms with van der Waals surface area (Å²) in [5.74, 6) is -1.06. The van der Waals surface area contributed by atoms with Crippen molar-refractivity contribution in [2.45, 2.75) is 6.54 Å². The first kappa shape index (κ1) is 15.1. The van der Waals surface area contributed by atoms with Crippen molar-refractivity contribution in [2.24, 2.45) is 0 Å². The van der Waals surface area contributed by atoms with Gasteiger partial charge in [0.1, 0.15) is 0 Å². The molecule has 6 nitrogen and oxygen atoms in total. The van der Waals surface area contributed by atoms with Gasteiger partial charge in [-0.1, -0.05) is 15.9 Å². The number of anilines is 1. The lowest BCUT2D eigenvalue weighted by molar-refractivity contribution is 0.0697. The molecular weight excluding hydrogens is 340 g/mol. The molecule has 0 atom stereocenters. The molecule has 21 heavy (non-hydrogen) atoms. The van der Waals surface area contributed by atoms with Gasteiger partial charge in [0, 0.05) is 22.8 Å². The average molecular weight is 353 g/mol. The predicted molar refractivity (Wildman–Crippen MR) is 80.3 cm³/mol. The van der Waals surface area contributed by atoms with Crippen molar-refractivity contribution in [2.75, 3.05) is 12.4 Å². The van der Waals surface area contributed by atoms with Gasteiger partial charge in [-0.3, -0.25) is 0 Å². The number of amides is 2. The Kier molecular flexibility index (Phi) is 4.64. The molecule has 0 unspecified atom stereocenters. The number of hydrogen-bond donors (Lipinski definition) is 2. The fourth-order valence-electron chi connectivity index (χ4n) is 1.73. The Morgan fingerprint density at radius 1 is 1.38 bits per heavy atom. The Morgan fingerprint density at radius 2 is 2.14 bits per heavy atom. The largest absolute Gasteiger partial charge is 0.478 e. The topological polar surface area (TPSA) is 82.8 Å². The number of urea groups is 1. The van der Waals surface area contributed by atoms with E-state index in [4.69, 9.17) is 9.52 Å². The van der Waals surface area contributed by atoms with Crippen LogP contribution in [-0.4, -0.2) is 29.1 Å². The van der Waals surface area contributed by atoms with E-state index in [2.05, 4.69) is 21.2 Å². The van der Waals surface area contributed by atoms with Crippen molar-refractivity contribution in [3.63, 3.8) is 0 Å². The van der Waals surface area contributed by atoms with Crippen LogP contribution in [0.4, 0.5) is 10.5 Å². The van der Waals surface area contributed by atoms with E-state index in [9.17, 15) is 9.59 Å². The first-order valence-corrected chi connectivity index (χ1v) is 6.82. The van der Waals surface area contributed by atoms with Crippen molar-refractivity contribution in [1.29, 1.82) is 0 Å². The van der Waals surface area contributed by atoms with Gasteiger partial charge in [-0.05, 0) is 24.3 Å². The zero-order chi connectivity index (χ0) is 15.4. The van der Waals surface area contributed by atoms with Crippen molar-refractivity contribution in [3.8, 4) is 0 Å². The molecule has 0 aliphatic carbocycles. The summed E-state index contributed by atoms with van der Waals surface area (Å²) >= 11 is 3.22. The third kappa shape index (κ3) is 4.09. The Morgan fingerprint density at radius 3 is 2.76 bits per heavy atom. The number of aromatic carboxylic acids is 1. The maximum absolute atomic E-state index is 12.1. The van der Waals surface area contributed by atoms with Crippen LogP contribution in [0.5, 0.6) is 0 Å². The van der Waals surface area contributed by atoms with E-state index >= 15 is 0 Å². The molecule has 0 bridgehead atoms. The highest BCUT2D eigenvalue weighted by atomic mass is 79.9. The Labute approximate surface area is 129 Å². The fourth-order valence-corrected chi connectivity index (χ4v) is 2.23. The first-order valence-electron chi connectivity index (χ1n) is 6.03. The van der Waals surface area contributed by atoms with Crippen LogP contribution in [-0.2, 0) is 6.54 Å². The summed E-state index contributed by atoms with van der Waals surface area (Å²) in [6, 6.07) is 5.93. The third-order valence-electron chi connectivity index (χ3n) is 2.74. The molecule has 2 N–H and O–H groups in total. The summed E-state index contributed by atoms with van der Waals surface area (Å²) in [6.07, 6.45) is 3.10. The lowest BCUT2D eigenvalue weighted by Crippen LogP contribution is -2.30. The van der Waals surface area contributed by atoms with Gasteiger partial charge in [-0.2, -0.15) is 0 Å². The number of nitrogens with zero attached hydrogens (tertiary/aromatic N) is 1. The number of benzene rings is 1. The summed E-state index contributed by atoms with van der Waals surface area (Å²) in [6.45, 7) is 0.391. The molecule has 2 aromatic rings. The molecule has 1 heterocycles. The lowest BCUT2D eigenvalue weighted by Gasteiger charge is -2.17. The maximum atomic E-state index is 12.1. The van der Waals surface area contributed by atoms with Gasteiger partial charge < -0.3 is 19.7 Å². The lowest BCUT2D eigenvalue weighted by atomic mass is 10.2. The molecule has 0 fully saturated rings. The minimum atomic E-state index is -1.06. The number of nitrogens with one attached hydrogen (secondary N) is 1. The number of carboxylic acids is 1. The molecule has 2 amide bonds. The van der Waals surface area contributed by atoms with Crippen LogP contribution in [0.3, 0.4) is 0 Å². The van der Waals surface area contributed by atoms with Crippen molar-refractivity contribution in [3.05, 3.63) is 52.4 Å². The summed E-state index contributed by atoms with van der Waals surface area (Å²) < 4.78 is 5.52. The monoisotopic (exact) mass is 352 g/mol. The average Bonchev–Trinajstić information content (AvgIpc) is 2.90. The van der Waals surface area contributed by atoms with Gasteiger partial charge in [0.25, 0.3) is 0 Å². The summed E-state index contributed by atoms with van der Waals surface area (Å²) in [5, 5.41) is 11.6. The molecule has 1 aromatic heterocycles. The van der Waals surface area contributed by atoms with Crippen LogP contribution in [0.1, 0.15) is 15.9 Å². The van der Waals surface area contributed by atoms with E-state index in [1.807, 2.05) is 0 Å². The van der Waals surface area contributed by atoms with Gasteiger partial charge in [-0.15, -0.1) is 0 Å². The molecule has 0 radical (unpaired) electrons. The van der Waals surface area contributed by atoms with E-state index in [1.54, 1.807) is 25.4 Å². The van der Waals surface area contributed by atoms with Crippen molar-refractivity contribution >= 4 is 33.6 Å². The maximum Gasteiger partial charge on any atom is 0.335 e. The third-order valence-corrected chi connectivity index (χ3v) is 3.20. The summed E-state index contributed by atoms with van der Waals surface area (Å²) in [7, 11) is 1.64. The second kappa shape index (κ2) is 6.45. The van der Waals surface area contributed by atoms with Gasteiger partial charge in [0.2, 0.25) is 0 Å². The molecule has 0 aliphatic heterocycles. The van der Waals surface area contributed by atoms with Gasteiger partial charge in [0.15, 0.2) is 0 Å². The number of rotatable bonds is 4. The second-order valence-electron chi connectivity index (χ2n) is 4.45. The fraction of sp³-hybridized carbons (Fsp3) is 0.143. The molecular formula is C14H13BrN2O4. The molecule has 0 saturated heterocycles. The molecule has 0 spiro atoms. The quantitative estimate of drug-likeness (QED) is 0.883. The number of furan rings is 1. The number of halogens is 1. The molecule has 0 aliphatic rings. The van der Waals surface area contributed by atoms with E-state index < -0.39 is 5.97 Å². The van der Waals surface area contributed by atoms with Crippen LogP contribution in [0.25, 0.3) is 0 Å². The summed E-state index contributed by atoms with van der Waals surface area (Å²) in [4.78, 5) is 24.5. The number of carboxylic acid groups (broad SMARTS) is 1. The van der Waals surface area contributed by atoms with E-state index in [-0.39, 0.29) is 11.6 Å². The van der Waals surface area contributed by atoms with Gasteiger partial charge in [-0.25, -0.2) is 9.59 Å². The highest BCUT2D eigenvalue weighted by Crippen LogP contribution is 2.20. The van der Waals surface area contributed by atoms with E-state index in [1.165, 1.54) is 23.3 Å². The number of carbonyl (C=O) groups excluding carboxylic acids is 1. The smallest absolute Gasteiger partial charge is 0.335 e. The standard InChI is InChI=1S/C14H13BrN2O4/c1-17(7-9-2-3-21-8-9)14(20)16-12-5-10(13(18)19)4-11(15)6-12/h2-6,8H,7H2,1H3,(H,16,20)(H,18,19). The van der Waals surface area contributed by atoms with Gasteiger partial charge >= 0.3 is 12.0 Å². The Balaban J connectivity index is 2.06. The van der Waals surface area contributed by atoms with Crippen LogP contribution >= 0.6 is 15.9 Å². The Bertz CT molecular complexity index is 655. The van der Waals surface area contributed by atoms with E-state index in [0.29, 0.717) is 16.7 Å². The van der Waals surface area contributed by atoms with Crippen molar-refractivity contribution < 1.29 is 19.1 Å². The number of hydrogen-bond acceptors (Lipinski definition) is 3. The molecule has 2 rings (SSSR count). The minimum Gasteiger partial charge on any atom is -0.478 e. The molecule has 0 saturated carbocycles. The Hall–Kier alpha value is -2.28. The van der Waals surface area contributed by atoms with Crippen LogP contribution in [0.2, 0.25) is 0 Å². The SMILES string of the molecule is CN(Cc1ccoc1)C(=O)Nc1cc(Br)cc(C(=O)O)c1. The zero-order valence-electron chi connectivity index (χ0n) is 11.2. The molecule has 1 aromatic carbocycles. The normalized spacial score (nSPS) is 10.2. The van der Waals surface area contributed by atoms with Crippen molar-refractivity contribution in [1.82, 2.24) is 4.90 Å². The second-order valence-corrected chi connectivity index (χ2v) is 5.37.